The van der Waals surface area contributed by atoms with Gasteiger partial charge in [0.25, 0.3) is 0 Å². The summed E-state index contributed by atoms with van der Waals surface area (Å²) < 4.78 is 5.94. The maximum Gasteiger partial charge on any atom is 0.0878 e. The maximum atomic E-state index is 5.94. The van der Waals surface area contributed by atoms with Gasteiger partial charge in [-0.05, 0) is 19.2 Å². The summed E-state index contributed by atoms with van der Waals surface area (Å²) in [6.07, 6.45) is 0.149. The van der Waals surface area contributed by atoms with Crippen molar-refractivity contribution < 1.29 is 4.74 Å². The van der Waals surface area contributed by atoms with Gasteiger partial charge in [0.15, 0.2) is 0 Å². The van der Waals surface area contributed by atoms with Gasteiger partial charge in [0.2, 0.25) is 0 Å². The third-order valence-corrected chi connectivity index (χ3v) is 3.18. The fraction of sp³-hybridized carbons (Fsp3) is 0.538. The molecular weight excluding hydrogens is 200 g/mol. The predicted molar refractivity (Wildman–Crippen MR) is 65.2 cm³/mol. The summed E-state index contributed by atoms with van der Waals surface area (Å²) in [4.78, 5) is 2.29. The van der Waals surface area contributed by atoms with Gasteiger partial charge in [-0.1, -0.05) is 30.3 Å². The number of nitrogens with zero attached hydrogens (tertiary/aromatic N) is 1. The third kappa shape index (κ3) is 2.61. The SMILES string of the molecule is CN1CCOC(c2ccccc2)[C@H](CN)C1. The molecule has 3 heteroatoms. The minimum atomic E-state index is 0.149. The van der Waals surface area contributed by atoms with Gasteiger partial charge in [0.05, 0.1) is 12.7 Å². The van der Waals surface area contributed by atoms with Crippen LogP contribution in [0.1, 0.15) is 11.7 Å². The molecule has 1 saturated heterocycles. The van der Waals surface area contributed by atoms with E-state index in [-0.39, 0.29) is 6.10 Å². The van der Waals surface area contributed by atoms with E-state index in [4.69, 9.17) is 10.5 Å². The fourth-order valence-electron chi connectivity index (χ4n) is 2.27. The summed E-state index contributed by atoms with van der Waals surface area (Å²) in [5.74, 6) is 0.384. The minimum absolute atomic E-state index is 0.149. The predicted octanol–water partition coefficient (Wildman–Crippen LogP) is 1.26. The van der Waals surface area contributed by atoms with Crippen LogP contribution in [0.15, 0.2) is 30.3 Å². The van der Waals surface area contributed by atoms with Crippen LogP contribution in [0.2, 0.25) is 0 Å². The van der Waals surface area contributed by atoms with E-state index in [0.717, 1.165) is 19.7 Å². The zero-order chi connectivity index (χ0) is 11.4. The minimum Gasteiger partial charge on any atom is -0.372 e. The Kier molecular flexibility index (Phi) is 3.93. The van der Waals surface area contributed by atoms with Crippen molar-refractivity contribution in [3.05, 3.63) is 35.9 Å². The number of hydrogen-bond donors (Lipinski definition) is 1. The Bertz CT molecular complexity index is 315. The lowest BCUT2D eigenvalue weighted by Gasteiger charge is -2.25. The lowest BCUT2D eigenvalue weighted by Crippen LogP contribution is -2.31. The van der Waals surface area contributed by atoms with Crippen molar-refractivity contribution in [2.45, 2.75) is 6.10 Å². The highest BCUT2D eigenvalue weighted by molar-refractivity contribution is 5.18. The molecule has 3 nitrogen and oxygen atoms in total. The van der Waals surface area contributed by atoms with E-state index in [2.05, 4.69) is 36.2 Å². The number of hydrogen-bond acceptors (Lipinski definition) is 3. The van der Waals surface area contributed by atoms with E-state index in [1.54, 1.807) is 0 Å². The Balaban J connectivity index is 2.17. The van der Waals surface area contributed by atoms with E-state index in [1.807, 2.05) is 6.07 Å². The second-order valence-corrected chi connectivity index (χ2v) is 4.46. The van der Waals surface area contributed by atoms with Crippen molar-refractivity contribution in [1.29, 1.82) is 0 Å². The highest BCUT2D eigenvalue weighted by atomic mass is 16.5. The van der Waals surface area contributed by atoms with Gasteiger partial charge < -0.3 is 15.4 Å². The molecule has 1 aliphatic heterocycles. The third-order valence-electron chi connectivity index (χ3n) is 3.18. The second kappa shape index (κ2) is 5.43. The first-order valence-electron chi connectivity index (χ1n) is 5.86. The van der Waals surface area contributed by atoms with E-state index < -0.39 is 0 Å². The van der Waals surface area contributed by atoms with Gasteiger partial charge in [-0.3, -0.25) is 0 Å². The van der Waals surface area contributed by atoms with Crippen molar-refractivity contribution in [2.24, 2.45) is 11.7 Å². The summed E-state index contributed by atoms with van der Waals surface area (Å²) in [6.45, 7) is 3.45. The van der Waals surface area contributed by atoms with Crippen LogP contribution >= 0.6 is 0 Å². The molecule has 2 atom stereocenters. The topological polar surface area (TPSA) is 38.5 Å². The highest BCUT2D eigenvalue weighted by Gasteiger charge is 2.26. The normalized spacial score (nSPS) is 27.6. The molecule has 1 heterocycles. The van der Waals surface area contributed by atoms with Crippen LogP contribution in [-0.2, 0) is 4.74 Å². The molecule has 0 bridgehead atoms. The lowest BCUT2D eigenvalue weighted by atomic mass is 9.95. The average molecular weight is 220 g/mol. The van der Waals surface area contributed by atoms with Gasteiger partial charge in [-0.25, -0.2) is 0 Å². The molecular formula is C13H20N2O. The van der Waals surface area contributed by atoms with Gasteiger partial charge in [-0.15, -0.1) is 0 Å². The van der Waals surface area contributed by atoms with Crippen molar-refractivity contribution in [1.82, 2.24) is 4.90 Å². The molecule has 16 heavy (non-hydrogen) atoms. The van der Waals surface area contributed by atoms with Crippen molar-refractivity contribution in [3.8, 4) is 0 Å². The number of ether oxygens (including phenoxy) is 1. The van der Waals surface area contributed by atoms with Crippen LogP contribution < -0.4 is 5.73 Å². The zero-order valence-electron chi connectivity index (χ0n) is 9.80. The molecule has 0 amide bonds. The Morgan fingerprint density at radius 2 is 2.12 bits per heavy atom. The van der Waals surface area contributed by atoms with Crippen molar-refractivity contribution in [3.63, 3.8) is 0 Å². The first-order valence-corrected chi connectivity index (χ1v) is 5.86. The Morgan fingerprint density at radius 1 is 1.38 bits per heavy atom. The highest BCUT2D eigenvalue weighted by Crippen LogP contribution is 2.27. The number of rotatable bonds is 2. The molecule has 0 aromatic heterocycles. The molecule has 1 fully saturated rings. The molecule has 0 saturated carbocycles. The van der Waals surface area contributed by atoms with Crippen LogP contribution in [0.3, 0.4) is 0 Å². The molecule has 0 aliphatic carbocycles. The Hall–Kier alpha value is -0.900. The van der Waals surface area contributed by atoms with E-state index in [9.17, 15) is 0 Å². The van der Waals surface area contributed by atoms with E-state index >= 15 is 0 Å². The molecule has 2 rings (SSSR count). The summed E-state index contributed by atoms with van der Waals surface area (Å²) in [6, 6.07) is 10.4. The summed E-state index contributed by atoms with van der Waals surface area (Å²) >= 11 is 0. The van der Waals surface area contributed by atoms with Gasteiger partial charge in [0, 0.05) is 19.0 Å². The quantitative estimate of drug-likeness (QED) is 0.815. The molecule has 1 aromatic rings. The average Bonchev–Trinajstić information content (AvgIpc) is 2.51. The fourth-order valence-corrected chi connectivity index (χ4v) is 2.27. The van der Waals surface area contributed by atoms with Crippen molar-refractivity contribution in [2.75, 3.05) is 33.3 Å². The second-order valence-electron chi connectivity index (χ2n) is 4.46. The van der Waals surface area contributed by atoms with E-state index in [0.29, 0.717) is 12.5 Å². The first-order chi connectivity index (χ1) is 7.81. The Morgan fingerprint density at radius 3 is 2.81 bits per heavy atom. The summed E-state index contributed by atoms with van der Waals surface area (Å²) in [7, 11) is 2.12. The smallest absolute Gasteiger partial charge is 0.0878 e. The Labute approximate surface area is 97.2 Å². The van der Waals surface area contributed by atoms with E-state index in [1.165, 1.54) is 5.56 Å². The van der Waals surface area contributed by atoms with Gasteiger partial charge in [-0.2, -0.15) is 0 Å². The number of benzene rings is 1. The van der Waals surface area contributed by atoms with Crippen LogP contribution in [0.4, 0.5) is 0 Å². The van der Waals surface area contributed by atoms with Crippen LogP contribution in [0.25, 0.3) is 0 Å². The van der Waals surface area contributed by atoms with Gasteiger partial charge >= 0.3 is 0 Å². The summed E-state index contributed by atoms with van der Waals surface area (Å²) in [5, 5.41) is 0. The molecule has 88 valence electrons. The summed E-state index contributed by atoms with van der Waals surface area (Å²) in [5.41, 5.74) is 7.10. The first kappa shape index (κ1) is 11.6. The standard InChI is InChI=1S/C13H20N2O/c1-15-7-8-16-13(12(9-14)10-15)11-5-3-2-4-6-11/h2-6,12-13H,7-10,14H2,1H3/t12-,13?/m1/s1. The monoisotopic (exact) mass is 220 g/mol. The molecule has 1 aromatic carbocycles. The number of likely N-dealkylation sites (N-methyl/N-ethyl adjacent to an activating group) is 1. The molecule has 1 unspecified atom stereocenters. The van der Waals surface area contributed by atoms with Crippen LogP contribution in [0.5, 0.6) is 0 Å². The molecule has 0 radical (unpaired) electrons. The van der Waals surface area contributed by atoms with Crippen molar-refractivity contribution >= 4 is 0 Å². The van der Waals surface area contributed by atoms with Gasteiger partial charge in [0.1, 0.15) is 0 Å². The number of nitrogens with two attached hydrogens (primary N) is 1. The molecule has 0 spiro atoms. The van der Waals surface area contributed by atoms with Crippen LogP contribution in [0, 0.1) is 5.92 Å². The molecule has 1 aliphatic rings. The lowest BCUT2D eigenvalue weighted by molar-refractivity contribution is 0.0331. The maximum absolute atomic E-state index is 5.94. The molecule has 2 N–H and O–H groups in total. The van der Waals surface area contributed by atoms with Crippen LogP contribution in [-0.4, -0.2) is 38.2 Å². The zero-order valence-corrected chi connectivity index (χ0v) is 9.80. The largest absolute Gasteiger partial charge is 0.372 e.